The highest BCUT2D eigenvalue weighted by atomic mass is 32.2. The van der Waals surface area contributed by atoms with Gasteiger partial charge in [-0.1, -0.05) is 0 Å². The largest absolute Gasteiger partial charge is 0.379 e. The highest BCUT2D eigenvalue weighted by molar-refractivity contribution is 7.85. The second kappa shape index (κ2) is 5.50. The summed E-state index contributed by atoms with van der Waals surface area (Å²) < 4.78 is 30.7. The highest BCUT2D eigenvalue weighted by Crippen LogP contribution is 1.98. The van der Waals surface area contributed by atoms with Crippen molar-refractivity contribution in [2.75, 3.05) is 19.5 Å². The van der Waals surface area contributed by atoms with E-state index in [0.717, 1.165) is 6.26 Å². The van der Waals surface area contributed by atoms with Crippen molar-refractivity contribution in [3.05, 3.63) is 0 Å². The van der Waals surface area contributed by atoms with Crippen molar-refractivity contribution in [3.63, 3.8) is 0 Å². The molecule has 0 heterocycles. The summed E-state index contributed by atoms with van der Waals surface area (Å²) in [6.07, 6.45) is 1.69. The maximum atomic E-state index is 10.5. The molecule has 1 unspecified atom stereocenters. The first-order valence-electron chi connectivity index (χ1n) is 3.91. The van der Waals surface area contributed by atoms with Crippen molar-refractivity contribution in [3.8, 4) is 0 Å². The zero-order valence-electron chi connectivity index (χ0n) is 7.74. The summed E-state index contributed by atoms with van der Waals surface area (Å²) >= 11 is 0. The van der Waals surface area contributed by atoms with Crippen LogP contribution in [0.15, 0.2) is 0 Å². The Morgan fingerprint density at radius 3 is 2.42 bits per heavy atom. The van der Waals surface area contributed by atoms with Crippen molar-refractivity contribution in [2.45, 2.75) is 26.4 Å². The molecule has 0 aromatic rings. The van der Waals surface area contributed by atoms with Gasteiger partial charge < -0.3 is 4.74 Å². The van der Waals surface area contributed by atoms with Crippen LogP contribution in [-0.2, 0) is 19.0 Å². The molecule has 5 heteroatoms. The molecule has 0 fully saturated rings. The van der Waals surface area contributed by atoms with Crippen LogP contribution in [0.2, 0.25) is 0 Å². The summed E-state index contributed by atoms with van der Waals surface area (Å²) in [5.41, 5.74) is 0. The molecule has 1 atom stereocenters. The first kappa shape index (κ1) is 11.9. The lowest BCUT2D eigenvalue weighted by Crippen LogP contribution is -2.13. The van der Waals surface area contributed by atoms with Crippen LogP contribution in [0.25, 0.3) is 0 Å². The van der Waals surface area contributed by atoms with E-state index in [1.165, 1.54) is 0 Å². The molecule has 0 rings (SSSR count). The second-order valence-corrected chi connectivity index (χ2v) is 4.22. The molecule has 0 bridgehead atoms. The molecular weight excluding hydrogens is 180 g/mol. The fourth-order valence-electron chi connectivity index (χ4n) is 0.733. The van der Waals surface area contributed by atoms with Crippen LogP contribution in [0.4, 0.5) is 0 Å². The molecule has 0 aliphatic carbocycles. The minimum Gasteiger partial charge on any atom is -0.379 e. The molecule has 0 aliphatic heterocycles. The predicted octanol–water partition coefficient (Wildman–Crippen LogP) is 0.778. The maximum Gasteiger partial charge on any atom is 0.264 e. The van der Waals surface area contributed by atoms with Crippen molar-refractivity contribution in [1.82, 2.24) is 0 Å². The van der Waals surface area contributed by atoms with Crippen LogP contribution < -0.4 is 0 Å². The average molecular weight is 196 g/mol. The summed E-state index contributed by atoms with van der Waals surface area (Å²) in [5, 5.41) is 0. The Kier molecular flexibility index (Phi) is 5.44. The van der Waals surface area contributed by atoms with Crippen LogP contribution in [-0.4, -0.2) is 34.0 Å². The molecule has 0 amide bonds. The number of rotatable bonds is 6. The smallest absolute Gasteiger partial charge is 0.264 e. The van der Waals surface area contributed by atoms with Crippen molar-refractivity contribution in [2.24, 2.45) is 0 Å². The summed E-state index contributed by atoms with van der Waals surface area (Å²) in [5.74, 6) is 0. The van der Waals surface area contributed by atoms with Crippen molar-refractivity contribution < 1.29 is 17.3 Å². The third-order valence-corrected chi connectivity index (χ3v) is 1.87. The molecule has 0 N–H and O–H groups in total. The molecule has 0 aromatic carbocycles. The Morgan fingerprint density at radius 2 is 2.00 bits per heavy atom. The topological polar surface area (TPSA) is 52.6 Å². The standard InChI is InChI=1S/C7H16O4S/c1-4-10-7(2)5-6-11-12(3,8)9/h7H,4-6H2,1-3H3. The van der Waals surface area contributed by atoms with Gasteiger partial charge in [0.2, 0.25) is 0 Å². The molecule has 0 saturated heterocycles. The molecule has 4 nitrogen and oxygen atoms in total. The van der Waals surface area contributed by atoms with E-state index in [1.54, 1.807) is 0 Å². The Balaban J connectivity index is 3.44. The Labute approximate surface area is 74.0 Å². The third kappa shape index (κ3) is 7.97. The normalized spacial score (nSPS) is 14.6. The molecular formula is C7H16O4S. The first-order valence-corrected chi connectivity index (χ1v) is 5.73. The zero-order valence-corrected chi connectivity index (χ0v) is 8.56. The predicted molar refractivity (Wildman–Crippen MR) is 46.5 cm³/mol. The van der Waals surface area contributed by atoms with E-state index < -0.39 is 10.1 Å². The molecule has 0 saturated carbocycles. The first-order chi connectivity index (χ1) is 5.45. The van der Waals surface area contributed by atoms with E-state index in [2.05, 4.69) is 4.18 Å². The summed E-state index contributed by atoms with van der Waals surface area (Å²) in [4.78, 5) is 0. The van der Waals surface area contributed by atoms with Gasteiger partial charge >= 0.3 is 0 Å². The molecule has 12 heavy (non-hydrogen) atoms. The van der Waals surface area contributed by atoms with Gasteiger partial charge in [0.15, 0.2) is 0 Å². The highest BCUT2D eigenvalue weighted by Gasteiger charge is 2.04. The minimum absolute atomic E-state index is 0.0525. The SMILES string of the molecule is CCOC(C)CCOS(C)(=O)=O. The van der Waals surface area contributed by atoms with Crippen LogP contribution in [0.1, 0.15) is 20.3 Å². The molecule has 0 aromatic heterocycles. The zero-order chi connectivity index (χ0) is 9.61. The van der Waals surface area contributed by atoms with Gasteiger partial charge in [0.05, 0.1) is 19.0 Å². The van der Waals surface area contributed by atoms with Gasteiger partial charge in [0.25, 0.3) is 10.1 Å². The summed E-state index contributed by atoms with van der Waals surface area (Å²) in [6, 6.07) is 0. The van der Waals surface area contributed by atoms with E-state index in [1.807, 2.05) is 13.8 Å². The van der Waals surface area contributed by atoms with Gasteiger partial charge in [-0.3, -0.25) is 4.18 Å². The average Bonchev–Trinajstić information content (AvgIpc) is 1.84. The summed E-state index contributed by atoms with van der Waals surface area (Å²) in [6.45, 7) is 4.61. The van der Waals surface area contributed by atoms with Gasteiger partial charge in [-0.2, -0.15) is 8.42 Å². The number of hydrogen-bond donors (Lipinski definition) is 0. The molecule has 0 aliphatic rings. The van der Waals surface area contributed by atoms with Crippen LogP contribution in [0, 0.1) is 0 Å². The van der Waals surface area contributed by atoms with E-state index in [9.17, 15) is 8.42 Å². The Bertz CT molecular complexity index is 197. The monoisotopic (exact) mass is 196 g/mol. The van der Waals surface area contributed by atoms with Crippen molar-refractivity contribution >= 4 is 10.1 Å². The second-order valence-electron chi connectivity index (χ2n) is 2.58. The fraction of sp³-hybridized carbons (Fsp3) is 1.00. The van der Waals surface area contributed by atoms with Crippen LogP contribution >= 0.6 is 0 Å². The van der Waals surface area contributed by atoms with Gasteiger partial charge in [-0.25, -0.2) is 0 Å². The van der Waals surface area contributed by atoms with E-state index >= 15 is 0 Å². The van der Waals surface area contributed by atoms with Crippen LogP contribution in [0.5, 0.6) is 0 Å². The quantitative estimate of drug-likeness (QED) is 0.589. The minimum atomic E-state index is -3.29. The van der Waals surface area contributed by atoms with E-state index in [4.69, 9.17) is 4.74 Å². The van der Waals surface area contributed by atoms with Crippen LogP contribution in [0.3, 0.4) is 0 Å². The lowest BCUT2D eigenvalue weighted by molar-refractivity contribution is 0.0605. The van der Waals surface area contributed by atoms with Gasteiger partial charge in [-0.15, -0.1) is 0 Å². The van der Waals surface area contributed by atoms with E-state index in [-0.39, 0.29) is 12.7 Å². The Morgan fingerprint density at radius 1 is 1.42 bits per heavy atom. The number of hydrogen-bond acceptors (Lipinski definition) is 4. The van der Waals surface area contributed by atoms with E-state index in [0.29, 0.717) is 13.0 Å². The molecule has 74 valence electrons. The lowest BCUT2D eigenvalue weighted by Gasteiger charge is -2.10. The Hall–Kier alpha value is -0.130. The fourth-order valence-corrected chi connectivity index (χ4v) is 1.13. The van der Waals surface area contributed by atoms with Crippen molar-refractivity contribution in [1.29, 1.82) is 0 Å². The summed E-state index contributed by atoms with van der Waals surface area (Å²) in [7, 11) is -3.29. The molecule has 0 spiro atoms. The molecule has 0 radical (unpaired) electrons. The third-order valence-electron chi connectivity index (χ3n) is 1.27. The number of ether oxygens (including phenoxy) is 1. The van der Waals surface area contributed by atoms with Gasteiger partial charge in [0, 0.05) is 6.61 Å². The lowest BCUT2D eigenvalue weighted by atomic mass is 10.3. The van der Waals surface area contributed by atoms with Gasteiger partial charge in [-0.05, 0) is 20.3 Å². The maximum absolute atomic E-state index is 10.5. The van der Waals surface area contributed by atoms with Gasteiger partial charge in [0.1, 0.15) is 0 Å².